The molecule has 1 aromatic heterocycles. The molecule has 0 radical (unpaired) electrons. The highest BCUT2D eigenvalue weighted by molar-refractivity contribution is 5.73. The monoisotopic (exact) mass is 254 g/mol. The number of anilines is 2. The van der Waals surface area contributed by atoms with Crippen molar-refractivity contribution in [2.24, 2.45) is 5.73 Å². The normalized spacial score (nSPS) is 9.89. The van der Waals surface area contributed by atoms with Crippen molar-refractivity contribution < 1.29 is 9.53 Å². The van der Waals surface area contributed by atoms with Crippen LogP contribution in [0.15, 0.2) is 0 Å². The smallest absolute Gasteiger partial charge is 0.322 e. The van der Waals surface area contributed by atoms with Crippen LogP contribution in [0.25, 0.3) is 0 Å². The van der Waals surface area contributed by atoms with E-state index in [1.54, 1.807) is 0 Å². The lowest BCUT2D eigenvalue weighted by Gasteiger charge is -2.08. The average Bonchev–Trinajstić information content (AvgIpc) is 2.34. The number of hydrogen-bond donors (Lipinski definition) is 3. The zero-order valence-corrected chi connectivity index (χ0v) is 10.6. The molecule has 0 aliphatic heterocycles. The molecule has 0 fully saturated rings. The summed E-state index contributed by atoms with van der Waals surface area (Å²) in [5.74, 6) is 0.530. The third kappa shape index (κ3) is 4.81. The second-order valence-corrected chi connectivity index (χ2v) is 3.50. The van der Waals surface area contributed by atoms with Crippen molar-refractivity contribution in [3.8, 4) is 6.01 Å². The van der Waals surface area contributed by atoms with Gasteiger partial charge >= 0.3 is 6.01 Å². The van der Waals surface area contributed by atoms with Crippen molar-refractivity contribution in [3.63, 3.8) is 0 Å². The summed E-state index contributed by atoms with van der Waals surface area (Å²) in [5, 5.41) is 5.96. The molecule has 0 unspecified atom stereocenters. The maximum atomic E-state index is 10.6. The summed E-state index contributed by atoms with van der Waals surface area (Å²) in [5.41, 5.74) is 5.04. The lowest BCUT2D eigenvalue weighted by atomic mass is 10.3. The number of methoxy groups -OCH3 is 1. The van der Waals surface area contributed by atoms with E-state index in [0.717, 1.165) is 0 Å². The van der Waals surface area contributed by atoms with Crippen LogP contribution in [0.5, 0.6) is 6.01 Å². The lowest BCUT2D eigenvalue weighted by molar-refractivity contribution is -0.118. The van der Waals surface area contributed by atoms with E-state index >= 15 is 0 Å². The number of nitrogens with two attached hydrogens (primary N) is 1. The number of aromatic nitrogens is 3. The minimum absolute atomic E-state index is 0.235. The van der Waals surface area contributed by atoms with Gasteiger partial charge in [-0.25, -0.2) is 0 Å². The van der Waals surface area contributed by atoms with Gasteiger partial charge in [0, 0.05) is 19.5 Å². The number of primary amides is 1. The first kappa shape index (κ1) is 13.9. The molecule has 4 N–H and O–H groups in total. The van der Waals surface area contributed by atoms with Gasteiger partial charge in [0.2, 0.25) is 17.8 Å². The highest BCUT2D eigenvalue weighted by atomic mass is 16.5. The minimum atomic E-state index is -0.321. The van der Waals surface area contributed by atoms with Gasteiger partial charge in [0.05, 0.1) is 7.11 Å². The summed E-state index contributed by atoms with van der Waals surface area (Å²) in [4.78, 5) is 22.8. The van der Waals surface area contributed by atoms with Crippen LogP contribution in [0.4, 0.5) is 11.9 Å². The average molecular weight is 254 g/mol. The van der Waals surface area contributed by atoms with E-state index in [2.05, 4.69) is 25.6 Å². The lowest BCUT2D eigenvalue weighted by Crippen LogP contribution is -2.14. The van der Waals surface area contributed by atoms with Gasteiger partial charge in [-0.1, -0.05) is 0 Å². The fourth-order valence-electron chi connectivity index (χ4n) is 1.23. The SMILES string of the molecule is CCNc1nc(NCCCC(N)=O)nc(OC)n1. The Morgan fingerprint density at radius 1 is 1.28 bits per heavy atom. The molecule has 0 spiro atoms. The molecule has 1 heterocycles. The molecule has 18 heavy (non-hydrogen) atoms. The van der Waals surface area contributed by atoms with E-state index in [1.165, 1.54) is 7.11 Å². The molecular weight excluding hydrogens is 236 g/mol. The van der Waals surface area contributed by atoms with Crippen LogP contribution >= 0.6 is 0 Å². The summed E-state index contributed by atoms with van der Waals surface area (Å²) < 4.78 is 4.97. The zero-order valence-electron chi connectivity index (χ0n) is 10.6. The molecule has 1 rings (SSSR count). The summed E-state index contributed by atoms with van der Waals surface area (Å²) in [6.45, 7) is 3.20. The van der Waals surface area contributed by atoms with Crippen molar-refractivity contribution in [1.82, 2.24) is 15.0 Å². The quantitative estimate of drug-likeness (QED) is 0.559. The van der Waals surface area contributed by atoms with Crippen molar-refractivity contribution in [3.05, 3.63) is 0 Å². The highest BCUT2D eigenvalue weighted by Gasteiger charge is 2.05. The molecule has 0 aliphatic rings. The van der Waals surface area contributed by atoms with Crippen LogP contribution in [0.2, 0.25) is 0 Å². The molecule has 8 nitrogen and oxygen atoms in total. The molecule has 0 atom stereocenters. The number of hydrogen-bond acceptors (Lipinski definition) is 7. The fourth-order valence-corrected chi connectivity index (χ4v) is 1.23. The number of carbonyl (C=O) groups is 1. The van der Waals surface area contributed by atoms with Gasteiger partial charge in [-0.05, 0) is 13.3 Å². The third-order valence-electron chi connectivity index (χ3n) is 2.02. The van der Waals surface area contributed by atoms with Gasteiger partial charge in [0.25, 0.3) is 0 Å². The first-order chi connectivity index (χ1) is 8.65. The van der Waals surface area contributed by atoms with E-state index in [4.69, 9.17) is 10.5 Å². The highest BCUT2D eigenvalue weighted by Crippen LogP contribution is 2.10. The van der Waals surface area contributed by atoms with Gasteiger partial charge in [-0.3, -0.25) is 4.79 Å². The third-order valence-corrected chi connectivity index (χ3v) is 2.02. The molecule has 8 heteroatoms. The molecular formula is C10H18N6O2. The number of amides is 1. The molecule has 0 aromatic carbocycles. The zero-order chi connectivity index (χ0) is 13.4. The molecule has 1 aromatic rings. The summed E-state index contributed by atoms with van der Waals surface area (Å²) in [6.07, 6.45) is 0.954. The van der Waals surface area contributed by atoms with E-state index in [-0.39, 0.29) is 11.9 Å². The topological polar surface area (TPSA) is 115 Å². The van der Waals surface area contributed by atoms with Crippen molar-refractivity contribution in [1.29, 1.82) is 0 Å². The Bertz CT molecular complexity index is 398. The van der Waals surface area contributed by atoms with Crippen LogP contribution in [-0.2, 0) is 4.79 Å². The van der Waals surface area contributed by atoms with Gasteiger partial charge in [0.15, 0.2) is 0 Å². The van der Waals surface area contributed by atoms with E-state index < -0.39 is 0 Å². The standard InChI is InChI=1S/C10H18N6O2/c1-3-12-8-14-9(16-10(15-8)18-2)13-6-4-5-7(11)17/h3-6H2,1-2H3,(H2,11,17)(H2,12,13,14,15,16). The van der Waals surface area contributed by atoms with Gasteiger partial charge in [0.1, 0.15) is 0 Å². The molecule has 1 amide bonds. The van der Waals surface area contributed by atoms with Crippen LogP contribution in [0, 0.1) is 0 Å². The molecule has 0 aliphatic carbocycles. The molecule has 0 saturated heterocycles. The number of rotatable bonds is 8. The van der Waals surface area contributed by atoms with Crippen molar-refractivity contribution in [2.75, 3.05) is 30.8 Å². The Labute approximate surface area is 105 Å². The Morgan fingerprint density at radius 3 is 2.50 bits per heavy atom. The van der Waals surface area contributed by atoms with Crippen molar-refractivity contribution in [2.45, 2.75) is 19.8 Å². The predicted octanol–water partition coefficient (Wildman–Crippen LogP) is -0.0106. The van der Waals surface area contributed by atoms with Gasteiger partial charge in [-0.2, -0.15) is 15.0 Å². The number of carbonyl (C=O) groups excluding carboxylic acids is 1. The Morgan fingerprint density at radius 2 is 1.94 bits per heavy atom. The molecule has 0 bridgehead atoms. The summed E-state index contributed by atoms with van der Waals surface area (Å²) in [7, 11) is 1.49. The molecule has 100 valence electrons. The van der Waals surface area contributed by atoms with Gasteiger partial charge in [-0.15, -0.1) is 0 Å². The number of nitrogens with zero attached hydrogens (tertiary/aromatic N) is 3. The van der Waals surface area contributed by atoms with Crippen LogP contribution in [0.3, 0.4) is 0 Å². The van der Waals surface area contributed by atoms with Gasteiger partial charge < -0.3 is 21.1 Å². The fraction of sp³-hybridized carbons (Fsp3) is 0.600. The Balaban J connectivity index is 2.57. The maximum Gasteiger partial charge on any atom is 0.322 e. The first-order valence-corrected chi connectivity index (χ1v) is 5.71. The van der Waals surface area contributed by atoms with E-state index in [0.29, 0.717) is 37.8 Å². The molecule has 0 saturated carbocycles. The predicted molar refractivity (Wildman–Crippen MR) is 67.5 cm³/mol. The van der Waals surface area contributed by atoms with Crippen LogP contribution in [0.1, 0.15) is 19.8 Å². The number of ether oxygens (including phenoxy) is 1. The second kappa shape index (κ2) is 7.25. The van der Waals surface area contributed by atoms with Crippen LogP contribution in [-0.4, -0.2) is 41.1 Å². The maximum absolute atomic E-state index is 10.6. The first-order valence-electron chi connectivity index (χ1n) is 5.71. The Kier molecular flexibility index (Phi) is 5.62. The Hall–Kier alpha value is -2.12. The van der Waals surface area contributed by atoms with Crippen molar-refractivity contribution >= 4 is 17.8 Å². The summed E-state index contributed by atoms with van der Waals surface area (Å²) >= 11 is 0. The van der Waals surface area contributed by atoms with E-state index in [9.17, 15) is 4.79 Å². The number of nitrogens with one attached hydrogen (secondary N) is 2. The van der Waals surface area contributed by atoms with E-state index in [1.807, 2.05) is 6.92 Å². The minimum Gasteiger partial charge on any atom is -0.467 e. The van der Waals surface area contributed by atoms with Crippen LogP contribution < -0.4 is 21.1 Å². The second-order valence-electron chi connectivity index (χ2n) is 3.50. The summed E-state index contributed by atoms with van der Waals surface area (Å²) in [6, 6.07) is 0.235. The largest absolute Gasteiger partial charge is 0.467 e.